The molecule has 46 heavy (non-hydrogen) atoms. The Bertz CT molecular complexity index is 877. The lowest BCUT2D eigenvalue weighted by Crippen LogP contribution is -2.54. The van der Waals surface area contributed by atoms with Crippen LogP contribution in [-0.2, 0) is 28.6 Å². The molecule has 1 rings (SSSR count). The van der Waals surface area contributed by atoms with Crippen molar-refractivity contribution in [3.63, 3.8) is 0 Å². The van der Waals surface area contributed by atoms with Crippen LogP contribution >= 0.6 is 21.6 Å². The van der Waals surface area contributed by atoms with E-state index in [-0.39, 0.29) is 48.2 Å². The zero-order chi connectivity index (χ0) is 34.2. The van der Waals surface area contributed by atoms with E-state index >= 15 is 0 Å². The van der Waals surface area contributed by atoms with Crippen molar-refractivity contribution in [1.29, 1.82) is 0 Å². The van der Waals surface area contributed by atoms with Crippen LogP contribution < -0.4 is 10.7 Å². The molecule has 0 bridgehead atoms. The standard InChI is InChI=1S/C33H59N3O8S2/c1-6-14-26(15-7-2)29(38)36(30(39)27(16-8-3)17-9-4)35-32(41)44-21-23-46-45-22-20-43-31(40)34-25-33(18-12-11-13-19-33)24-28(37)42-10-5/h26-27H,6-25H2,1-5H3,(H,34,40)(H,35,41). The number of alkyl carbamates (subject to hydrolysis) is 1. The van der Waals surface area contributed by atoms with Crippen LogP contribution in [0.1, 0.15) is 125 Å². The van der Waals surface area contributed by atoms with Gasteiger partial charge in [0.15, 0.2) is 0 Å². The van der Waals surface area contributed by atoms with Gasteiger partial charge >= 0.3 is 18.2 Å². The number of carbonyl (C=O) groups excluding carboxylic acids is 5. The molecule has 11 nitrogen and oxygen atoms in total. The summed E-state index contributed by atoms with van der Waals surface area (Å²) in [6, 6.07) is 0. The lowest BCUT2D eigenvalue weighted by atomic mass is 9.72. The molecule has 266 valence electrons. The highest BCUT2D eigenvalue weighted by molar-refractivity contribution is 8.76. The second-order valence-electron chi connectivity index (χ2n) is 12.0. The number of hydrazine groups is 1. The summed E-state index contributed by atoms with van der Waals surface area (Å²) in [5, 5.41) is 3.76. The van der Waals surface area contributed by atoms with E-state index in [1.165, 1.54) is 21.6 Å². The van der Waals surface area contributed by atoms with Gasteiger partial charge in [-0.25, -0.2) is 15.0 Å². The topological polar surface area (TPSA) is 140 Å². The van der Waals surface area contributed by atoms with Gasteiger partial charge in [-0.15, -0.1) is 0 Å². The lowest BCUT2D eigenvalue weighted by molar-refractivity contribution is -0.154. The second-order valence-corrected chi connectivity index (χ2v) is 14.7. The van der Waals surface area contributed by atoms with E-state index in [0.29, 0.717) is 56.8 Å². The molecule has 1 saturated carbocycles. The van der Waals surface area contributed by atoms with E-state index in [1.54, 1.807) is 6.92 Å². The van der Waals surface area contributed by atoms with Crippen molar-refractivity contribution >= 4 is 51.6 Å². The average Bonchev–Trinajstić information content (AvgIpc) is 3.03. The zero-order valence-electron chi connectivity index (χ0n) is 28.8. The molecular weight excluding hydrogens is 631 g/mol. The molecule has 13 heteroatoms. The van der Waals surface area contributed by atoms with Crippen molar-refractivity contribution in [2.45, 2.75) is 125 Å². The second kappa shape index (κ2) is 24.9. The highest BCUT2D eigenvalue weighted by Crippen LogP contribution is 2.39. The van der Waals surface area contributed by atoms with Crippen molar-refractivity contribution in [3.05, 3.63) is 0 Å². The summed E-state index contributed by atoms with van der Waals surface area (Å²) >= 11 is 0. The maximum Gasteiger partial charge on any atom is 0.426 e. The van der Waals surface area contributed by atoms with E-state index in [4.69, 9.17) is 14.2 Å². The third-order valence-electron chi connectivity index (χ3n) is 8.12. The number of nitrogens with one attached hydrogen (secondary N) is 2. The summed E-state index contributed by atoms with van der Waals surface area (Å²) in [5.74, 6) is -0.620. The number of amides is 4. The van der Waals surface area contributed by atoms with Gasteiger partial charge in [-0.05, 0) is 50.9 Å². The van der Waals surface area contributed by atoms with E-state index < -0.39 is 12.2 Å². The minimum absolute atomic E-state index is 0.0876. The van der Waals surface area contributed by atoms with Crippen LogP contribution in [-0.4, -0.2) is 72.9 Å². The maximum absolute atomic E-state index is 13.4. The van der Waals surface area contributed by atoms with E-state index in [1.807, 2.05) is 27.7 Å². The van der Waals surface area contributed by atoms with Crippen LogP contribution in [0.15, 0.2) is 0 Å². The molecule has 0 spiro atoms. The molecule has 0 atom stereocenters. The monoisotopic (exact) mass is 689 g/mol. The number of nitrogens with zero attached hydrogens (tertiary/aromatic N) is 1. The summed E-state index contributed by atoms with van der Waals surface area (Å²) < 4.78 is 15.8. The Hall–Kier alpha value is -2.15. The largest absolute Gasteiger partial charge is 0.466 e. The first-order valence-electron chi connectivity index (χ1n) is 17.3. The summed E-state index contributed by atoms with van der Waals surface area (Å²) in [5.41, 5.74) is 2.18. The first-order chi connectivity index (χ1) is 22.2. The van der Waals surface area contributed by atoms with Gasteiger partial charge in [0.2, 0.25) is 0 Å². The Labute approximate surface area is 284 Å². The molecule has 1 aliphatic carbocycles. The molecule has 1 fully saturated rings. The van der Waals surface area contributed by atoms with Gasteiger partial charge < -0.3 is 19.5 Å². The van der Waals surface area contributed by atoms with E-state index in [0.717, 1.165) is 62.8 Å². The molecule has 0 saturated heterocycles. The number of hydrogen-bond donors (Lipinski definition) is 2. The quantitative estimate of drug-likeness (QED) is 0.0388. The predicted molar refractivity (Wildman–Crippen MR) is 184 cm³/mol. The number of ether oxygens (including phenoxy) is 3. The molecule has 0 aromatic carbocycles. The Morgan fingerprint density at radius 1 is 0.696 bits per heavy atom. The Morgan fingerprint density at radius 2 is 1.17 bits per heavy atom. The van der Waals surface area contributed by atoms with Crippen LogP contribution in [0.25, 0.3) is 0 Å². The predicted octanol–water partition coefficient (Wildman–Crippen LogP) is 7.43. The first-order valence-corrected chi connectivity index (χ1v) is 19.8. The fourth-order valence-electron chi connectivity index (χ4n) is 5.89. The van der Waals surface area contributed by atoms with Crippen LogP contribution in [0.4, 0.5) is 9.59 Å². The molecule has 4 amide bonds. The van der Waals surface area contributed by atoms with Crippen LogP contribution in [0, 0.1) is 17.3 Å². The highest BCUT2D eigenvalue weighted by Gasteiger charge is 2.36. The zero-order valence-corrected chi connectivity index (χ0v) is 30.5. The van der Waals surface area contributed by atoms with Crippen molar-refractivity contribution in [2.75, 3.05) is 37.9 Å². The summed E-state index contributed by atoms with van der Waals surface area (Å²) in [6.45, 7) is 10.8. The maximum atomic E-state index is 13.4. The number of carbonyl (C=O) groups is 5. The fraction of sp³-hybridized carbons (Fsp3) is 0.848. The van der Waals surface area contributed by atoms with Gasteiger partial charge in [0, 0.05) is 29.9 Å². The van der Waals surface area contributed by atoms with Crippen molar-refractivity contribution in [3.8, 4) is 0 Å². The minimum atomic E-state index is -0.829. The van der Waals surface area contributed by atoms with Gasteiger partial charge in [-0.3, -0.25) is 14.4 Å². The third kappa shape index (κ3) is 16.6. The Balaban J connectivity index is 2.46. The Kier molecular flexibility index (Phi) is 22.7. The SMILES string of the molecule is CCCC(CCC)C(=O)N(NC(=O)OCCSSCCOC(=O)NCC1(CC(=O)OCC)CCCCC1)C(=O)C(CCC)CCC. The number of imide groups is 1. The highest BCUT2D eigenvalue weighted by atomic mass is 33.1. The van der Waals surface area contributed by atoms with Gasteiger partial charge in [-0.1, -0.05) is 94.2 Å². The smallest absolute Gasteiger partial charge is 0.426 e. The van der Waals surface area contributed by atoms with Crippen molar-refractivity contribution < 1.29 is 38.2 Å². The normalized spacial score (nSPS) is 14.1. The van der Waals surface area contributed by atoms with Crippen molar-refractivity contribution in [2.24, 2.45) is 17.3 Å². The van der Waals surface area contributed by atoms with Gasteiger partial charge in [0.25, 0.3) is 11.8 Å². The molecule has 0 aliphatic heterocycles. The molecule has 1 aliphatic rings. The molecule has 2 N–H and O–H groups in total. The van der Waals surface area contributed by atoms with E-state index in [2.05, 4.69) is 10.7 Å². The number of rotatable bonds is 22. The van der Waals surface area contributed by atoms with E-state index in [9.17, 15) is 24.0 Å². The lowest BCUT2D eigenvalue weighted by Gasteiger charge is -2.36. The molecule has 0 heterocycles. The van der Waals surface area contributed by atoms with Crippen LogP contribution in [0.5, 0.6) is 0 Å². The fourth-order valence-corrected chi connectivity index (χ4v) is 7.54. The number of esters is 1. The molecule has 0 radical (unpaired) electrons. The molecular formula is C33H59N3O8S2. The molecule has 0 aromatic heterocycles. The summed E-state index contributed by atoms with van der Waals surface area (Å²) in [7, 11) is 2.94. The molecule has 0 aromatic rings. The summed E-state index contributed by atoms with van der Waals surface area (Å²) in [4.78, 5) is 63.9. The Morgan fingerprint density at radius 3 is 1.63 bits per heavy atom. The van der Waals surface area contributed by atoms with Crippen LogP contribution in [0.2, 0.25) is 0 Å². The molecule has 0 unspecified atom stereocenters. The van der Waals surface area contributed by atoms with Gasteiger partial charge in [0.05, 0.1) is 13.0 Å². The first kappa shape index (κ1) is 41.9. The van der Waals surface area contributed by atoms with Gasteiger partial charge in [0.1, 0.15) is 13.2 Å². The average molecular weight is 690 g/mol. The van der Waals surface area contributed by atoms with Crippen LogP contribution in [0.3, 0.4) is 0 Å². The number of hydrogen-bond acceptors (Lipinski definition) is 10. The van der Waals surface area contributed by atoms with Crippen molar-refractivity contribution in [1.82, 2.24) is 15.8 Å². The van der Waals surface area contributed by atoms with Gasteiger partial charge in [-0.2, -0.15) is 5.01 Å². The summed E-state index contributed by atoms with van der Waals surface area (Å²) in [6.07, 6.45) is 9.71. The minimum Gasteiger partial charge on any atom is -0.466 e. The third-order valence-corrected chi connectivity index (χ3v) is 10.5.